The molecule has 1 N–H and O–H groups in total. The molecule has 2 rings (SSSR count). The first-order valence-corrected chi connectivity index (χ1v) is 7.48. The Morgan fingerprint density at radius 2 is 1.62 bits per heavy atom. The van der Waals surface area contributed by atoms with Gasteiger partial charge in [0.15, 0.2) is 0 Å². The Morgan fingerprint density at radius 1 is 1.00 bits per heavy atom. The zero-order valence-electron chi connectivity index (χ0n) is 13.5. The zero-order chi connectivity index (χ0) is 15.6. The van der Waals surface area contributed by atoms with Gasteiger partial charge in [0.25, 0.3) is 0 Å². The first-order chi connectivity index (χ1) is 9.88. The van der Waals surface area contributed by atoms with Gasteiger partial charge in [0.05, 0.1) is 0 Å². The van der Waals surface area contributed by atoms with Crippen molar-refractivity contribution in [1.82, 2.24) is 5.32 Å². The van der Waals surface area contributed by atoms with Crippen molar-refractivity contribution in [2.24, 2.45) is 0 Å². The molecule has 0 aliphatic rings. The summed E-state index contributed by atoms with van der Waals surface area (Å²) >= 11 is 0. The van der Waals surface area contributed by atoms with Gasteiger partial charge in [-0.25, -0.2) is 4.39 Å². The number of nitrogens with one attached hydrogen (secondary N) is 1. The van der Waals surface area contributed by atoms with E-state index in [0.717, 1.165) is 23.2 Å². The molecule has 2 aromatic rings. The summed E-state index contributed by atoms with van der Waals surface area (Å²) in [5.41, 5.74) is 6.82. The van der Waals surface area contributed by atoms with Crippen LogP contribution in [0.2, 0.25) is 0 Å². The molecule has 0 aromatic heterocycles. The third-order valence-corrected chi connectivity index (χ3v) is 3.73. The van der Waals surface area contributed by atoms with E-state index in [1.807, 2.05) is 13.8 Å². The van der Waals surface area contributed by atoms with Gasteiger partial charge in [-0.3, -0.25) is 0 Å². The molecule has 0 unspecified atom stereocenters. The Morgan fingerprint density at radius 3 is 2.19 bits per heavy atom. The van der Waals surface area contributed by atoms with Crippen LogP contribution in [0.5, 0.6) is 0 Å². The lowest BCUT2D eigenvalue weighted by Gasteiger charge is -2.17. The van der Waals surface area contributed by atoms with Crippen LogP contribution in [0.25, 0.3) is 11.1 Å². The molecule has 112 valence electrons. The predicted octanol–water partition coefficient (Wildman–Crippen LogP) is 4.92. The van der Waals surface area contributed by atoms with Crippen molar-refractivity contribution in [1.29, 1.82) is 0 Å². The van der Waals surface area contributed by atoms with Crippen molar-refractivity contribution in [3.8, 4) is 11.1 Å². The number of halogens is 1. The van der Waals surface area contributed by atoms with E-state index in [0.29, 0.717) is 6.04 Å². The average Bonchev–Trinajstić information content (AvgIpc) is 2.36. The van der Waals surface area contributed by atoms with E-state index in [1.54, 1.807) is 12.1 Å². The first-order valence-electron chi connectivity index (χ1n) is 7.48. The molecule has 0 saturated heterocycles. The summed E-state index contributed by atoms with van der Waals surface area (Å²) in [6.07, 6.45) is 0. The standard InChI is InChI=1S/C19H24FN/c1-12(2)21-11-16-7-6-13(3)8-18(16)19-14(4)9-17(20)10-15(19)5/h6-10,12,21H,11H2,1-5H3. The lowest BCUT2D eigenvalue weighted by atomic mass is 9.91. The van der Waals surface area contributed by atoms with Crippen molar-refractivity contribution >= 4 is 0 Å². The Labute approximate surface area is 127 Å². The number of aryl methyl sites for hydroxylation is 3. The van der Waals surface area contributed by atoms with Crippen molar-refractivity contribution in [3.63, 3.8) is 0 Å². The Hall–Kier alpha value is -1.67. The molecule has 2 heteroatoms. The molecule has 0 saturated carbocycles. The maximum absolute atomic E-state index is 13.5. The highest BCUT2D eigenvalue weighted by molar-refractivity contribution is 5.74. The van der Waals surface area contributed by atoms with Gasteiger partial charge < -0.3 is 5.32 Å². The highest BCUT2D eigenvalue weighted by atomic mass is 19.1. The third kappa shape index (κ3) is 3.70. The van der Waals surface area contributed by atoms with Crippen LogP contribution in [0.1, 0.15) is 36.1 Å². The van der Waals surface area contributed by atoms with Crippen LogP contribution in [0, 0.1) is 26.6 Å². The van der Waals surface area contributed by atoms with E-state index in [2.05, 4.69) is 44.3 Å². The second-order valence-electron chi connectivity index (χ2n) is 6.11. The molecule has 0 amide bonds. The fraction of sp³-hybridized carbons (Fsp3) is 0.368. The fourth-order valence-electron chi connectivity index (χ4n) is 2.73. The number of hydrogen-bond acceptors (Lipinski definition) is 1. The summed E-state index contributed by atoms with van der Waals surface area (Å²) in [6.45, 7) is 11.2. The molecule has 21 heavy (non-hydrogen) atoms. The topological polar surface area (TPSA) is 12.0 Å². The second-order valence-corrected chi connectivity index (χ2v) is 6.11. The Balaban J connectivity index is 2.54. The van der Waals surface area contributed by atoms with Gasteiger partial charge in [-0.2, -0.15) is 0 Å². The van der Waals surface area contributed by atoms with E-state index in [-0.39, 0.29) is 5.82 Å². The lowest BCUT2D eigenvalue weighted by molar-refractivity contribution is 0.589. The molecule has 2 aromatic carbocycles. The minimum absolute atomic E-state index is 0.164. The normalized spacial score (nSPS) is 11.2. The molecule has 1 nitrogen and oxygen atoms in total. The van der Waals surface area contributed by atoms with Crippen LogP contribution in [0.3, 0.4) is 0 Å². The van der Waals surface area contributed by atoms with Crippen LogP contribution in [0.15, 0.2) is 30.3 Å². The maximum atomic E-state index is 13.5. The largest absolute Gasteiger partial charge is 0.310 e. The molecule has 0 bridgehead atoms. The predicted molar refractivity (Wildman–Crippen MR) is 88.0 cm³/mol. The molecular weight excluding hydrogens is 261 g/mol. The lowest BCUT2D eigenvalue weighted by Crippen LogP contribution is -2.22. The van der Waals surface area contributed by atoms with E-state index >= 15 is 0 Å². The van der Waals surface area contributed by atoms with Gasteiger partial charge in [0.2, 0.25) is 0 Å². The summed E-state index contributed by atoms with van der Waals surface area (Å²) < 4.78 is 13.5. The number of rotatable bonds is 4. The van der Waals surface area contributed by atoms with E-state index < -0.39 is 0 Å². The molecule has 0 aliphatic carbocycles. The van der Waals surface area contributed by atoms with E-state index in [9.17, 15) is 4.39 Å². The van der Waals surface area contributed by atoms with Crippen molar-refractivity contribution in [2.45, 2.75) is 47.2 Å². The van der Waals surface area contributed by atoms with Gasteiger partial charge in [-0.05, 0) is 60.7 Å². The highest BCUT2D eigenvalue weighted by Crippen LogP contribution is 2.31. The summed E-state index contributed by atoms with van der Waals surface area (Å²) in [4.78, 5) is 0. The van der Waals surface area contributed by atoms with Crippen LogP contribution < -0.4 is 5.32 Å². The van der Waals surface area contributed by atoms with Crippen molar-refractivity contribution in [2.75, 3.05) is 0 Å². The number of benzene rings is 2. The smallest absolute Gasteiger partial charge is 0.123 e. The van der Waals surface area contributed by atoms with Gasteiger partial charge in [0, 0.05) is 12.6 Å². The van der Waals surface area contributed by atoms with Crippen molar-refractivity contribution < 1.29 is 4.39 Å². The summed E-state index contributed by atoms with van der Waals surface area (Å²) in [6, 6.07) is 10.2. The van der Waals surface area contributed by atoms with Gasteiger partial charge >= 0.3 is 0 Å². The summed E-state index contributed by atoms with van der Waals surface area (Å²) in [5, 5.41) is 3.47. The SMILES string of the molecule is Cc1ccc(CNC(C)C)c(-c2c(C)cc(F)cc2C)c1. The van der Waals surface area contributed by atoms with E-state index in [4.69, 9.17) is 0 Å². The summed E-state index contributed by atoms with van der Waals surface area (Å²) in [7, 11) is 0. The third-order valence-electron chi connectivity index (χ3n) is 3.73. The number of hydrogen-bond donors (Lipinski definition) is 1. The molecular formula is C19H24FN. The fourth-order valence-corrected chi connectivity index (χ4v) is 2.73. The average molecular weight is 285 g/mol. The highest BCUT2D eigenvalue weighted by Gasteiger charge is 2.12. The van der Waals surface area contributed by atoms with Gasteiger partial charge in [-0.1, -0.05) is 37.6 Å². The molecule has 0 radical (unpaired) electrons. The molecule has 0 atom stereocenters. The molecule has 0 aliphatic heterocycles. The second kappa shape index (κ2) is 6.40. The quantitative estimate of drug-likeness (QED) is 0.841. The van der Waals surface area contributed by atoms with Gasteiger partial charge in [-0.15, -0.1) is 0 Å². The van der Waals surface area contributed by atoms with Gasteiger partial charge in [0.1, 0.15) is 5.82 Å². The Bertz CT molecular complexity index is 621. The molecule has 0 heterocycles. The first kappa shape index (κ1) is 15.7. The molecule has 0 spiro atoms. The van der Waals surface area contributed by atoms with Crippen LogP contribution in [-0.2, 0) is 6.54 Å². The monoisotopic (exact) mass is 285 g/mol. The van der Waals surface area contributed by atoms with Crippen LogP contribution in [-0.4, -0.2) is 6.04 Å². The maximum Gasteiger partial charge on any atom is 0.123 e. The minimum Gasteiger partial charge on any atom is -0.310 e. The zero-order valence-corrected chi connectivity index (χ0v) is 13.5. The van der Waals surface area contributed by atoms with E-state index in [1.165, 1.54) is 16.7 Å². The van der Waals surface area contributed by atoms with Crippen LogP contribution in [0.4, 0.5) is 4.39 Å². The minimum atomic E-state index is -0.164. The molecule has 0 fully saturated rings. The van der Waals surface area contributed by atoms with Crippen molar-refractivity contribution in [3.05, 3.63) is 58.4 Å². The summed E-state index contributed by atoms with van der Waals surface area (Å²) in [5.74, 6) is -0.164. The van der Waals surface area contributed by atoms with Crippen LogP contribution >= 0.6 is 0 Å². The Kier molecular flexibility index (Phi) is 4.79.